The van der Waals surface area contributed by atoms with Crippen LogP contribution in [0, 0.1) is 13.8 Å². The van der Waals surface area contributed by atoms with Crippen LogP contribution >= 0.6 is 0 Å². The lowest BCUT2D eigenvalue weighted by molar-refractivity contribution is -0.139. The van der Waals surface area contributed by atoms with Crippen LogP contribution in [0.5, 0.6) is 0 Å². The maximum Gasteiger partial charge on any atom is 0.326 e. The zero-order chi connectivity index (χ0) is 19.6. The summed E-state index contributed by atoms with van der Waals surface area (Å²) in [6, 6.07) is 9.73. The van der Waals surface area contributed by atoms with Crippen molar-refractivity contribution in [1.82, 2.24) is 25.3 Å². The molecule has 3 rings (SSSR count). The normalized spacial score (nSPS) is 12.0. The Morgan fingerprint density at radius 3 is 2.56 bits per heavy atom. The lowest BCUT2D eigenvalue weighted by atomic mass is 10.1. The maximum atomic E-state index is 12.5. The van der Waals surface area contributed by atoms with Gasteiger partial charge in [-0.25, -0.2) is 4.79 Å². The van der Waals surface area contributed by atoms with Gasteiger partial charge in [-0.1, -0.05) is 30.3 Å². The van der Waals surface area contributed by atoms with Gasteiger partial charge < -0.3 is 10.4 Å². The van der Waals surface area contributed by atoms with Gasteiger partial charge in [0.25, 0.3) is 5.91 Å². The van der Waals surface area contributed by atoms with Gasteiger partial charge in [0, 0.05) is 24.7 Å². The van der Waals surface area contributed by atoms with Gasteiger partial charge in [0.05, 0.1) is 11.4 Å². The molecule has 27 heavy (non-hydrogen) atoms. The van der Waals surface area contributed by atoms with E-state index in [0.29, 0.717) is 5.69 Å². The topological polar surface area (TPSA) is 113 Å². The summed E-state index contributed by atoms with van der Waals surface area (Å²) in [5.74, 6) is -1.61. The van der Waals surface area contributed by atoms with Gasteiger partial charge in [-0.2, -0.15) is 10.2 Å². The molecule has 3 aromatic rings. The van der Waals surface area contributed by atoms with E-state index >= 15 is 0 Å². The van der Waals surface area contributed by atoms with Crippen LogP contribution in [0.1, 0.15) is 27.4 Å². The summed E-state index contributed by atoms with van der Waals surface area (Å²) in [6.45, 7) is 3.79. The summed E-state index contributed by atoms with van der Waals surface area (Å²) in [7, 11) is 1.84. The van der Waals surface area contributed by atoms with E-state index in [9.17, 15) is 14.7 Å². The van der Waals surface area contributed by atoms with Crippen molar-refractivity contribution in [2.45, 2.75) is 26.3 Å². The Bertz CT molecular complexity index is 975. The Hall–Kier alpha value is -3.42. The van der Waals surface area contributed by atoms with Gasteiger partial charge >= 0.3 is 5.97 Å². The molecule has 0 aliphatic rings. The second kappa shape index (κ2) is 7.45. The van der Waals surface area contributed by atoms with Gasteiger partial charge in [0.1, 0.15) is 11.7 Å². The predicted octanol–water partition coefficient (Wildman–Crippen LogP) is 1.85. The summed E-state index contributed by atoms with van der Waals surface area (Å²) in [6.07, 6.45) is 0.198. The minimum atomic E-state index is -1.09. The fourth-order valence-electron chi connectivity index (χ4n) is 3.00. The van der Waals surface area contributed by atoms with E-state index in [0.717, 1.165) is 22.5 Å². The highest BCUT2D eigenvalue weighted by Crippen LogP contribution is 2.25. The number of H-pyrrole nitrogens is 1. The highest BCUT2D eigenvalue weighted by Gasteiger charge is 2.23. The monoisotopic (exact) mass is 367 g/mol. The number of nitrogens with zero attached hydrogens (tertiary/aromatic N) is 3. The molecule has 1 amide bonds. The van der Waals surface area contributed by atoms with Crippen molar-refractivity contribution < 1.29 is 14.7 Å². The molecule has 2 aromatic heterocycles. The Morgan fingerprint density at radius 1 is 1.26 bits per heavy atom. The summed E-state index contributed by atoms with van der Waals surface area (Å²) >= 11 is 0. The van der Waals surface area contributed by atoms with Gasteiger partial charge in [-0.3, -0.25) is 14.6 Å². The zero-order valence-electron chi connectivity index (χ0n) is 15.4. The molecule has 0 fully saturated rings. The number of aliphatic carboxylic acids is 1. The zero-order valence-corrected chi connectivity index (χ0v) is 15.4. The first-order chi connectivity index (χ1) is 12.9. The van der Waals surface area contributed by atoms with E-state index in [4.69, 9.17) is 0 Å². The van der Waals surface area contributed by atoms with E-state index in [2.05, 4.69) is 20.6 Å². The number of carbonyl (C=O) groups is 2. The fourth-order valence-corrected chi connectivity index (χ4v) is 3.00. The smallest absolute Gasteiger partial charge is 0.326 e. The molecule has 0 spiro atoms. The molecule has 8 nitrogen and oxygen atoms in total. The third kappa shape index (κ3) is 3.89. The summed E-state index contributed by atoms with van der Waals surface area (Å²) in [4.78, 5) is 24.0. The molecule has 140 valence electrons. The van der Waals surface area contributed by atoms with Crippen LogP contribution in [0.15, 0.2) is 36.4 Å². The largest absolute Gasteiger partial charge is 0.480 e. The average molecular weight is 367 g/mol. The number of nitrogens with one attached hydrogen (secondary N) is 2. The first kappa shape index (κ1) is 18.4. The van der Waals surface area contributed by atoms with E-state index in [1.54, 1.807) is 10.7 Å². The van der Waals surface area contributed by atoms with Crippen molar-refractivity contribution in [3.63, 3.8) is 0 Å². The average Bonchev–Trinajstić information content (AvgIpc) is 3.20. The quantitative estimate of drug-likeness (QED) is 0.615. The molecule has 8 heteroatoms. The first-order valence-corrected chi connectivity index (χ1v) is 8.50. The van der Waals surface area contributed by atoms with Crippen LogP contribution in [0.3, 0.4) is 0 Å². The Morgan fingerprint density at radius 2 is 1.96 bits per heavy atom. The SMILES string of the molecule is Cc1nn(C)c(C)c1-c1cc(C(=O)N[C@@H](Cc2ccccc2)C(=O)O)[nH]n1. The standard InChI is InChI=1S/C19H21N5O3/c1-11-17(12(2)24(3)23-11)14-10-15(22-21-14)18(25)20-16(19(26)27)9-13-7-5-4-6-8-13/h4-8,10,16H,9H2,1-3H3,(H,20,25)(H,21,22)(H,26,27)/t16-/m0/s1. The molecule has 0 unspecified atom stereocenters. The van der Waals surface area contributed by atoms with Gasteiger partial charge in [0.2, 0.25) is 0 Å². The number of amides is 1. The van der Waals surface area contributed by atoms with Crippen molar-refractivity contribution >= 4 is 11.9 Å². The molecule has 0 saturated heterocycles. The molecular weight excluding hydrogens is 346 g/mol. The van der Waals surface area contributed by atoms with E-state index < -0.39 is 17.9 Å². The van der Waals surface area contributed by atoms with Crippen molar-refractivity contribution in [2.24, 2.45) is 7.05 Å². The number of hydrogen-bond acceptors (Lipinski definition) is 4. The molecule has 1 atom stereocenters. The lowest BCUT2D eigenvalue weighted by Crippen LogP contribution is -2.42. The number of hydrogen-bond donors (Lipinski definition) is 3. The Labute approximate surface area is 156 Å². The minimum Gasteiger partial charge on any atom is -0.480 e. The molecule has 2 heterocycles. The van der Waals surface area contributed by atoms with Crippen molar-refractivity contribution in [2.75, 3.05) is 0 Å². The molecule has 0 bridgehead atoms. The Balaban J connectivity index is 1.77. The fraction of sp³-hybridized carbons (Fsp3) is 0.263. The van der Waals surface area contributed by atoms with Crippen LogP contribution in [0.2, 0.25) is 0 Å². The summed E-state index contributed by atoms with van der Waals surface area (Å²) in [5.41, 5.74) is 4.22. The molecule has 0 radical (unpaired) electrons. The van der Waals surface area contributed by atoms with E-state index in [1.807, 2.05) is 51.2 Å². The maximum absolute atomic E-state index is 12.5. The number of carboxylic acid groups (broad SMARTS) is 1. The number of aryl methyl sites for hydroxylation is 2. The van der Waals surface area contributed by atoms with Crippen LogP contribution < -0.4 is 5.32 Å². The molecule has 0 saturated carbocycles. The number of benzene rings is 1. The van der Waals surface area contributed by atoms with E-state index in [-0.39, 0.29) is 12.1 Å². The van der Waals surface area contributed by atoms with Gasteiger partial charge in [-0.05, 0) is 25.5 Å². The molecule has 1 aromatic carbocycles. The highest BCUT2D eigenvalue weighted by molar-refractivity contribution is 5.96. The third-order valence-electron chi connectivity index (χ3n) is 4.47. The van der Waals surface area contributed by atoms with Crippen molar-refractivity contribution in [3.8, 4) is 11.3 Å². The lowest BCUT2D eigenvalue weighted by Gasteiger charge is -2.13. The molecule has 3 N–H and O–H groups in total. The summed E-state index contributed by atoms with van der Waals surface area (Å²) < 4.78 is 1.75. The second-order valence-corrected chi connectivity index (χ2v) is 6.39. The molecule has 0 aliphatic heterocycles. The van der Waals surface area contributed by atoms with Crippen LogP contribution in [-0.4, -0.2) is 43.0 Å². The number of carbonyl (C=O) groups excluding carboxylic acids is 1. The van der Waals surface area contributed by atoms with Gasteiger partial charge in [-0.15, -0.1) is 0 Å². The second-order valence-electron chi connectivity index (χ2n) is 6.39. The van der Waals surface area contributed by atoms with Crippen LogP contribution in [0.4, 0.5) is 0 Å². The first-order valence-electron chi connectivity index (χ1n) is 8.50. The third-order valence-corrected chi connectivity index (χ3v) is 4.47. The van der Waals surface area contributed by atoms with E-state index in [1.165, 1.54) is 0 Å². The number of aromatic nitrogens is 4. The summed E-state index contributed by atoms with van der Waals surface area (Å²) in [5, 5.41) is 23.2. The number of rotatable bonds is 6. The van der Waals surface area contributed by atoms with Crippen LogP contribution in [-0.2, 0) is 18.3 Å². The van der Waals surface area contributed by atoms with Crippen molar-refractivity contribution in [3.05, 3.63) is 59.0 Å². The van der Waals surface area contributed by atoms with Crippen molar-refractivity contribution in [1.29, 1.82) is 0 Å². The molecular formula is C19H21N5O3. The predicted molar refractivity (Wildman–Crippen MR) is 99.3 cm³/mol. The molecule has 0 aliphatic carbocycles. The Kier molecular flexibility index (Phi) is 5.07. The van der Waals surface area contributed by atoms with Crippen LogP contribution in [0.25, 0.3) is 11.3 Å². The highest BCUT2D eigenvalue weighted by atomic mass is 16.4. The minimum absolute atomic E-state index is 0.198. The number of carboxylic acids is 1. The number of aromatic amines is 1. The van der Waals surface area contributed by atoms with Gasteiger partial charge in [0.15, 0.2) is 0 Å².